The molecule has 0 bridgehead atoms. The minimum atomic E-state index is -2.15. The Labute approximate surface area is 116 Å². The highest BCUT2D eigenvalue weighted by Crippen LogP contribution is 2.27. The summed E-state index contributed by atoms with van der Waals surface area (Å²) >= 11 is 0. The number of nitro groups is 1. The minimum absolute atomic E-state index is 0.252. The molecule has 0 aliphatic heterocycles. The Morgan fingerprint density at radius 3 is 2.24 bits per heavy atom. The summed E-state index contributed by atoms with van der Waals surface area (Å²) < 4.78 is 8.98. The second-order valence-electron chi connectivity index (χ2n) is 3.59. The fourth-order valence-corrected chi connectivity index (χ4v) is 1.41. The molecule has 1 aromatic carbocycles. The number of hydrogen-bond donors (Lipinski definition) is 2. The normalized spacial score (nSPS) is 12.8. The molecule has 0 aliphatic carbocycles. The van der Waals surface area contributed by atoms with Crippen molar-refractivity contribution in [1.29, 1.82) is 0 Å². The summed E-state index contributed by atoms with van der Waals surface area (Å²) in [4.78, 5) is 42.1. The zero-order valence-corrected chi connectivity index (χ0v) is 10.2. The van der Waals surface area contributed by atoms with Gasteiger partial charge in [0.1, 0.15) is 0 Å². The van der Waals surface area contributed by atoms with E-state index in [0.717, 1.165) is 12.1 Å². The molecule has 21 heavy (non-hydrogen) atoms. The van der Waals surface area contributed by atoms with E-state index in [0.29, 0.717) is 0 Å². The summed E-state index contributed by atoms with van der Waals surface area (Å²) in [5, 5.41) is 28.6. The quantitative estimate of drug-likeness (QED) is 0.385. The van der Waals surface area contributed by atoms with Crippen LogP contribution in [-0.2, 0) is 19.1 Å². The van der Waals surface area contributed by atoms with E-state index < -0.39 is 40.5 Å². The standard InChI is InChI=1S/C11H9NO9/c13-5-20-8(10(14)15)9(11(16)17)21-7-4-2-1-3-6(7)12(18)19/h1-5,8-9H,(H,14,15)(H,16,17). The number of para-hydroxylation sites is 2. The Bertz CT molecular complexity index is 571. The predicted octanol–water partition coefficient (Wildman–Crippen LogP) is 0.0530. The van der Waals surface area contributed by atoms with Crippen molar-refractivity contribution in [2.45, 2.75) is 12.2 Å². The lowest BCUT2D eigenvalue weighted by atomic mass is 10.2. The first-order valence-electron chi connectivity index (χ1n) is 5.33. The SMILES string of the molecule is O=COC(C(=O)O)C(Oc1ccccc1[N+](=O)[O-])C(=O)O. The van der Waals surface area contributed by atoms with Crippen LogP contribution in [0.25, 0.3) is 0 Å². The summed E-state index contributed by atoms with van der Waals surface area (Å²) in [6, 6.07) is 4.79. The molecule has 0 radical (unpaired) electrons. The molecule has 1 aromatic rings. The minimum Gasteiger partial charge on any atom is -0.478 e. The van der Waals surface area contributed by atoms with Gasteiger partial charge in [-0.15, -0.1) is 0 Å². The number of carbonyl (C=O) groups excluding carboxylic acids is 1. The van der Waals surface area contributed by atoms with Crippen molar-refractivity contribution in [2.75, 3.05) is 0 Å². The molecule has 0 aliphatic rings. The van der Waals surface area contributed by atoms with Gasteiger partial charge in [-0.2, -0.15) is 0 Å². The molecule has 0 spiro atoms. The Morgan fingerprint density at radius 1 is 1.19 bits per heavy atom. The molecule has 0 aromatic heterocycles. The molecule has 112 valence electrons. The van der Waals surface area contributed by atoms with E-state index in [1.807, 2.05) is 0 Å². The third-order valence-electron chi connectivity index (χ3n) is 2.28. The largest absolute Gasteiger partial charge is 0.478 e. The number of aliphatic carboxylic acids is 2. The van der Waals surface area contributed by atoms with Gasteiger partial charge in [0, 0.05) is 6.07 Å². The lowest BCUT2D eigenvalue weighted by Crippen LogP contribution is -2.45. The van der Waals surface area contributed by atoms with Crippen molar-refractivity contribution < 1.29 is 39.0 Å². The monoisotopic (exact) mass is 299 g/mol. The van der Waals surface area contributed by atoms with Crippen LogP contribution >= 0.6 is 0 Å². The maximum atomic E-state index is 11.1. The number of benzene rings is 1. The van der Waals surface area contributed by atoms with Gasteiger partial charge in [0.15, 0.2) is 5.75 Å². The average Bonchev–Trinajstić information content (AvgIpc) is 2.42. The third kappa shape index (κ3) is 3.89. The van der Waals surface area contributed by atoms with Crippen molar-refractivity contribution in [2.24, 2.45) is 0 Å². The zero-order chi connectivity index (χ0) is 16.0. The first kappa shape index (κ1) is 15.9. The Morgan fingerprint density at radius 2 is 1.76 bits per heavy atom. The Kier molecular flexibility index (Phi) is 5.17. The molecule has 0 saturated heterocycles. The molecule has 0 amide bonds. The Balaban J connectivity index is 3.14. The number of nitro benzene ring substituents is 1. The first-order valence-corrected chi connectivity index (χ1v) is 5.33. The lowest BCUT2D eigenvalue weighted by Gasteiger charge is -2.19. The van der Waals surface area contributed by atoms with Crippen molar-refractivity contribution in [1.82, 2.24) is 0 Å². The smallest absolute Gasteiger partial charge is 0.349 e. The highest BCUT2D eigenvalue weighted by atomic mass is 16.6. The van der Waals surface area contributed by atoms with Crippen molar-refractivity contribution >= 4 is 24.1 Å². The van der Waals surface area contributed by atoms with Crippen LogP contribution in [0.3, 0.4) is 0 Å². The van der Waals surface area contributed by atoms with Crippen LogP contribution in [0, 0.1) is 10.1 Å². The van der Waals surface area contributed by atoms with E-state index in [-0.39, 0.29) is 6.47 Å². The molecule has 2 atom stereocenters. The number of hydrogen-bond acceptors (Lipinski definition) is 7. The number of carboxylic acids is 2. The van der Waals surface area contributed by atoms with Crippen molar-refractivity contribution in [3.8, 4) is 5.75 Å². The van der Waals surface area contributed by atoms with Crippen molar-refractivity contribution in [3.05, 3.63) is 34.4 Å². The highest BCUT2D eigenvalue weighted by Gasteiger charge is 2.39. The molecule has 2 N–H and O–H groups in total. The molecule has 0 saturated carbocycles. The average molecular weight is 299 g/mol. The van der Waals surface area contributed by atoms with Crippen LogP contribution in [0.1, 0.15) is 0 Å². The van der Waals surface area contributed by atoms with Crippen LogP contribution in [0.2, 0.25) is 0 Å². The van der Waals surface area contributed by atoms with Crippen LogP contribution in [0.5, 0.6) is 5.75 Å². The van der Waals surface area contributed by atoms with E-state index in [1.165, 1.54) is 12.1 Å². The summed E-state index contributed by atoms with van der Waals surface area (Å²) in [5.41, 5.74) is -0.556. The summed E-state index contributed by atoms with van der Waals surface area (Å²) in [5.74, 6) is -3.99. The fraction of sp³-hybridized carbons (Fsp3) is 0.182. The van der Waals surface area contributed by atoms with Gasteiger partial charge in [-0.1, -0.05) is 12.1 Å². The van der Waals surface area contributed by atoms with Gasteiger partial charge < -0.3 is 19.7 Å². The van der Waals surface area contributed by atoms with E-state index in [1.54, 1.807) is 0 Å². The second-order valence-corrected chi connectivity index (χ2v) is 3.59. The van der Waals surface area contributed by atoms with Crippen LogP contribution in [0.4, 0.5) is 5.69 Å². The lowest BCUT2D eigenvalue weighted by molar-refractivity contribution is -0.386. The number of carboxylic acid groups (broad SMARTS) is 2. The van der Waals surface area contributed by atoms with Crippen LogP contribution < -0.4 is 4.74 Å². The second kappa shape index (κ2) is 6.84. The molecule has 10 nitrogen and oxygen atoms in total. The molecule has 1 rings (SSSR count). The molecule has 0 heterocycles. The third-order valence-corrected chi connectivity index (χ3v) is 2.28. The van der Waals surface area contributed by atoms with E-state index in [2.05, 4.69) is 4.74 Å². The van der Waals surface area contributed by atoms with Gasteiger partial charge in [0.25, 0.3) is 6.47 Å². The maximum Gasteiger partial charge on any atom is 0.349 e. The number of rotatable bonds is 8. The van der Waals surface area contributed by atoms with Crippen LogP contribution in [0.15, 0.2) is 24.3 Å². The highest BCUT2D eigenvalue weighted by molar-refractivity contribution is 5.84. The summed E-state index contributed by atoms with van der Waals surface area (Å²) in [7, 11) is 0. The Hall–Kier alpha value is -3.17. The van der Waals surface area contributed by atoms with Crippen LogP contribution in [-0.4, -0.2) is 45.8 Å². The number of ether oxygens (including phenoxy) is 2. The number of nitrogens with zero attached hydrogens (tertiary/aromatic N) is 1. The fourth-order valence-electron chi connectivity index (χ4n) is 1.41. The molecular formula is C11H9NO9. The summed E-state index contributed by atoms with van der Waals surface area (Å²) in [6.07, 6.45) is -4.30. The van der Waals surface area contributed by atoms with E-state index in [4.69, 9.17) is 14.9 Å². The van der Waals surface area contributed by atoms with Gasteiger partial charge in [0.05, 0.1) is 4.92 Å². The predicted molar refractivity (Wildman–Crippen MR) is 63.7 cm³/mol. The molecule has 2 unspecified atom stereocenters. The van der Waals surface area contributed by atoms with Gasteiger partial charge in [-0.25, -0.2) is 9.59 Å². The summed E-state index contributed by atoms with van der Waals surface area (Å²) in [6.45, 7) is -0.252. The van der Waals surface area contributed by atoms with E-state index >= 15 is 0 Å². The molecular weight excluding hydrogens is 290 g/mol. The first-order chi connectivity index (χ1) is 9.88. The van der Waals surface area contributed by atoms with E-state index in [9.17, 15) is 24.5 Å². The van der Waals surface area contributed by atoms with Crippen molar-refractivity contribution in [3.63, 3.8) is 0 Å². The molecule has 0 fully saturated rings. The van der Waals surface area contributed by atoms with Gasteiger partial charge in [0.2, 0.25) is 12.2 Å². The maximum absolute atomic E-state index is 11.1. The molecule has 10 heteroatoms. The number of carbonyl (C=O) groups is 3. The van der Waals surface area contributed by atoms with Gasteiger partial charge in [-0.05, 0) is 6.07 Å². The van der Waals surface area contributed by atoms with Gasteiger partial charge >= 0.3 is 17.6 Å². The van der Waals surface area contributed by atoms with Gasteiger partial charge in [-0.3, -0.25) is 14.9 Å². The zero-order valence-electron chi connectivity index (χ0n) is 10.2. The topological polar surface area (TPSA) is 153 Å².